The number of rotatable bonds is 2. The van der Waals surface area contributed by atoms with Crippen molar-refractivity contribution in [2.45, 2.75) is 0 Å². The monoisotopic (exact) mass is 348 g/mol. The van der Waals surface area contributed by atoms with Crippen molar-refractivity contribution >= 4 is 63.8 Å². The van der Waals surface area contributed by atoms with Gasteiger partial charge in [-0.2, -0.15) is 0 Å². The van der Waals surface area contributed by atoms with E-state index in [0.717, 1.165) is 4.88 Å². The first kappa shape index (κ1) is 14.9. The summed E-state index contributed by atoms with van der Waals surface area (Å²) in [5.41, 5.74) is 0.465. The molecule has 0 radical (unpaired) electrons. The number of carbonyl (C=O) groups excluding carboxylic acids is 2. The fourth-order valence-corrected chi connectivity index (χ4v) is 3.18. The van der Waals surface area contributed by atoms with Crippen molar-refractivity contribution in [3.8, 4) is 0 Å². The second-order valence-electron chi connectivity index (χ2n) is 4.42. The van der Waals surface area contributed by atoms with E-state index < -0.39 is 11.8 Å². The van der Waals surface area contributed by atoms with Crippen molar-refractivity contribution in [2.24, 2.45) is 0 Å². The molecule has 2 aromatic rings. The van der Waals surface area contributed by atoms with E-state index in [4.69, 9.17) is 23.8 Å². The molecule has 3 rings (SSSR count). The van der Waals surface area contributed by atoms with Gasteiger partial charge in [0.1, 0.15) is 5.57 Å². The number of nitrogens with zero attached hydrogens (tertiary/aromatic N) is 1. The predicted octanol–water partition coefficient (Wildman–Crippen LogP) is 3.23. The van der Waals surface area contributed by atoms with Crippen LogP contribution in [-0.4, -0.2) is 16.9 Å². The number of hydrogen-bond acceptors (Lipinski definition) is 4. The third-order valence-corrected chi connectivity index (χ3v) is 4.45. The highest BCUT2D eigenvalue weighted by atomic mass is 35.5. The molecule has 4 nitrogen and oxygen atoms in total. The zero-order valence-electron chi connectivity index (χ0n) is 11.1. The minimum atomic E-state index is -0.508. The molecule has 1 aromatic carbocycles. The van der Waals surface area contributed by atoms with E-state index in [1.54, 1.807) is 30.3 Å². The summed E-state index contributed by atoms with van der Waals surface area (Å²) in [6.07, 6.45) is 1.55. The van der Waals surface area contributed by atoms with Gasteiger partial charge >= 0.3 is 0 Å². The van der Waals surface area contributed by atoms with Crippen molar-refractivity contribution in [3.05, 3.63) is 57.3 Å². The normalized spacial score (nSPS) is 17.0. The number of thiocarbonyl (C=S) groups is 1. The Morgan fingerprint density at radius 1 is 1.18 bits per heavy atom. The molecule has 0 unspecified atom stereocenters. The molecule has 22 heavy (non-hydrogen) atoms. The van der Waals surface area contributed by atoms with Crippen molar-refractivity contribution in [1.29, 1.82) is 0 Å². The predicted molar refractivity (Wildman–Crippen MR) is 92.0 cm³/mol. The summed E-state index contributed by atoms with van der Waals surface area (Å²) in [5, 5.41) is 4.79. The summed E-state index contributed by atoms with van der Waals surface area (Å²) in [7, 11) is 0. The zero-order valence-corrected chi connectivity index (χ0v) is 13.5. The number of anilines is 1. The van der Waals surface area contributed by atoms with Crippen LogP contribution in [0, 0.1) is 0 Å². The molecule has 1 aliphatic rings. The molecule has 0 spiro atoms. The highest BCUT2D eigenvalue weighted by Gasteiger charge is 2.35. The Kier molecular flexibility index (Phi) is 4.06. The topological polar surface area (TPSA) is 49.4 Å². The van der Waals surface area contributed by atoms with Gasteiger partial charge in [0.15, 0.2) is 5.11 Å². The maximum Gasteiger partial charge on any atom is 0.270 e. The molecular weight excluding hydrogens is 340 g/mol. The van der Waals surface area contributed by atoms with E-state index in [-0.39, 0.29) is 10.7 Å². The van der Waals surface area contributed by atoms with Crippen LogP contribution in [0.25, 0.3) is 6.08 Å². The standard InChI is InChI=1S/C15H9ClN2O2S2/c16-11-5-1-2-6-12(11)18-14(20)10(13(19)17-15(18)21)8-9-4-3-7-22-9/h1-8H,(H,17,19,21)/b10-8-. The van der Waals surface area contributed by atoms with Gasteiger partial charge < -0.3 is 0 Å². The van der Waals surface area contributed by atoms with Gasteiger partial charge in [0, 0.05) is 4.88 Å². The summed E-state index contributed by atoms with van der Waals surface area (Å²) in [4.78, 5) is 26.8. The molecular formula is C15H9ClN2O2S2. The maximum atomic E-state index is 12.7. The van der Waals surface area contributed by atoms with Gasteiger partial charge in [-0.3, -0.25) is 19.8 Å². The van der Waals surface area contributed by atoms with Gasteiger partial charge in [-0.25, -0.2) is 0 Å². The molecule has 7 heteroatoms. The Hall–Kier alpha value is -2.02. The first-order valence-corrected chi connectivity index (χ1v) is 7.94. The summed E-state index contributed by atoms with van der Waals surface area (Å²) in [6.45, 7) is 0. The number of hydrogen-bond donors (Lipinski definition) is 1. The van der Waals surface area contributed by atoms with Crippen LogP contribution in [0.5, 0.6) is 0 Å². The lowest BCUT2D eigenvalue weighted by Gasteiger charge is -2.29. The molecule has 0 aliphatic carbocycles. The average molecular weight is 349 g/mol. The number of para-hydroxylation sites is 1. The van der Waals surface area contributed by atoms with Crippen LogP contribution in [0.3, 0.4) is 0 Å². The van der Waals surface area contributed by atoms with Crippen molar-refractivity contribution < 1.29 is 9.59 Å². The van der Waals surface area contributed by atoms with Crippen molar-refractivity contribution in [1.82, 2.24) is 5.32 Å². The van der Waals surface area contributed by atoms with Gasteiger partial charge in [0.25, 0.3) is 11.8 Å². The van der Waals surface area contributed by atoms with E-state index >= 15 is 0 Å². The SMILES string of the molecule is O=C1NC(=S)N(c2ccccc2Cl)C(=O)/C1=C\c1cccs1. The lowest BCUT2D eigenvalue weighted by Crippen LogP contribution is -2.54. The van der Waals surface area contributed by atoms with E-state index in [9.17, 15) is 9.59 Å². The molecule has 1 fully saturated rings. The van der Waals surface area contributed by atoms with E-state index in [0.29, 0.717) is 10.7 Å². The van der Waals surface area contributed by atoms with Crippen molar-refractivity contribution in [3.63, 3.8) is 0 Å². The van der Waals surface area contributed by atoms with Gasteiger partial charge in [-0.1, -0.05) is 29.8 Å². The highest BCUT2D eigenvalue weighted by molar-refractivity contribution is 7.80. The molecule has 0 saturated carbocycles. The van der Waals surface area contributed by atoms with Crippen LogP contribution in [-0.2, 0) is 9.59 Å². The zero-order chi connectivity index (χ0) is 15.7. The van der Waals surface area contributed by atoms with Crippen LogP contribution in [0.2, 0.25) is 5.02 Å². The minimum absolute atomic E-state index is 0.0198. The van der Waals surface area contributed by atoms with Gasteiger partial charge in [0.05, 0.1) is 10.7 Å². The lowest BCUT2D eigenvalue weighted by atomic mass is 10.1. The number of carbonyl (C=O) groups is 2. The van der Waals surface area contributed by atoms with Crippen LogP contribution < -0.4 is 10.2 Å². The highest BCUT2D eigenvalue weighted by Crippen LogP contribution is 2.29. The molecule has 110 valence electrons. The Balaban J connectivity index is 2.05. The third-order valence-electron chi connectivity index (χ3n) is 3.02. The Bertz CT molecular complexity index is 800. The first-order chi connectivity index (χ1) is 10.6. The fraction of sp³-hybridized carbons (Fsp3) is 0. The number of halogens is 1. The second-order valence-corrected chi connectivity index (χ2v) is 6.20. The van der Waals surface area contributed by atoms with Gasteiger partial charge in [-0.15, -0.1) is 11.3 Å². The van der Waals surface area contributed by atoms with Crippen LogP contribution in [0.4, 0.5) is 5.69 Å². The molecule has 1 aromatic heterocycles. The van der Waals surface area contributed by atoms with E-state index in [1.165, 1.54) is 16.2 Å². The summed E-state index contributed by atoms with van der Waals surface area (Å²) < 4.78 is 0. The van der Waals surface area contributed by atoms with Gasteiger partial charge in [-0.05, 0) is 41.9 Å². The number of thiophene rings is 1. The summed E-state index contributed by atoms with van der Waals surface area (Å²) in [6, 6.07) is 10.5. The summed E-state index contributed by atoms with van der Waals surface area (Å²) in [5.74, 6) is -0.998. The average Bonchev–Trinajstić information content (AvgIpc) is 2.98. The molecule has 0 atom stereocenters. The molecule has 0 bridgehead atoms. The van der Waals surface area contributed by atoms with Gasteiger partial charge in [0.2, 0.25) is 0 Å². The number of benzene rings is 1. The number of nitrogens with one attached hydrogen (secondary N) is 1. The van der Waals surface area contributed by atoms with Crippen LogP contribution in [0.1, 0.15) is 4.88 Å². The Labute approximate surface area is 141 Å². The first-order valence-electron chi connectivity index (χ1n) is 6.27. The lowest BCUT2D eigenvalue weighted by molar-refractivity contribution is -0.122. The Morgan fingerprint density at radius 3 is 2.64 bits per heavy atom. The molecule has 1 N–H and O–H groups in total. The quantitative estimate of drug-likeness (QED) is 0.515. The molecule has 1 saturated heterocycles. The summed E-state index contributed by atoms with van der Waals surface area (Å²) >= 11 is 12.7. The van der Waals surface area contributed by atoms with Crippen LogP contribution in [0.15, 0.2) is 47.4 Å². The molecule has 2 heterocycles. The van der Waals surface area contributed by atoms with E-state index in [1.807, 2.05) is 17.5 Å². The smallest absolute Gasteiger partial charge is 0.270 e. The van der Waals surface area contributed by atoms with Crippen molar-refractivity contribution in [2.75, 3.05) is 4.90 Å². The minimum Gasteiger partial charge on any atom is -0.298 e. The second kappa shape index (κ2) is 6.00. The molecule has 2 amide bonds. The molecule has 1 aliphatic heterocycles. The number of amides is 2. The Morgan fingerprint density at radius 2 is 1.95 bits per heavy atom. The maximum absolute atomic E-state index is 12.7. The largest absolute Gasteiger partial charge is 0.298 e. The third kappa shape index (κ3) is 2.68. The van der Waals surface area contributed by atoms with E-state index in [2.05, 4.69) is 5.32 Å². The fourth-order valence-electron chi connectivity index (χ4n) is 2.02. The van der Waals surface area contributed by atoms with Crippen LogP contribution >= 0.6 is 35.2 Å².